The van der Waals surface area contributed by atoms with Crippen molar-refractivity contribution in [2.45, 2.75) is 39.3 Å². The lowest BCUT2D eigenvalue weighted by Gasteiger charge is -2.25. The number of hydrogen-bond acceptors (Lipinski definition) is 6. The van der Waals surface area contributed by atoms with E-state index in [0.29, 0.717) is 36.7 Å². The fourth-order valence-electron chi connectivity index (χ4n) is 3.92. The van der Waals surface area contributed by atoms with Crippen LogP contribution in [-0.4, -0.2) is 54.7 Å². The summed E-state index contributed by atoms with van der Waals surface area (Å²) in [5, 5.41) is 11.5. The summed E-state index contributed by atoms with van der Waals surface area (Å²) >= 11 is 6.36. The van der Waals surface area contributed by atoms with Gasteiger partial charge in [0.2, 0.25) is 0 Å². The second-order valence-electron chi connectivity index (χ2n) is 8.15. The Hall–Kier alpha value is -3.03. The molecule has 7 nitrogen and oxygen atoms in total. The normalized spacial score (nSPS) is 17.5. The van der Waals surface area contributed by atoms with Crippen LogP contribution in [0.4, 0.5) is 0 Å². The van der Waals surface area contributed by atoms with Crippen LogP contribution in [0.2, 0.25) is 5.02 Å². The van der Waals surface area contributed by atoms with Crippen molar-refractivity contribution in [3.63, 3.8) is 0 Å². The molecule has 3 rings (SSSR count). The molecule has 1 atom stereocenters. The molecular formula is C26H30ClNO6. The van der Waals surface area contributed by atoms with E-state index in [1.165, 1.54) is 4.90 Å². The van der Waals surface area contributed by atoms with E-state index < -0.39 is 17.7 Å². The third-order valence-corrected chi connectivity index (χ3v) is 5.69. The average Bonchev–Trinajstić information content (AvgIpc) is 3.05. The molecule has 0 saturated carbocycles. The van der Waals surface area contributed by atoms with E-state index in [4.69, 9.17) is 25.8 Å². The van der Waals surface area contributed by atoms with Gasteiger partial charge in [-0.3, -0.25) is 9.59 Å². The smallest absolute Gasteiger partial charge is 0.295 e. The minimum atomic E-state index is -0.781. The Balaban J connectivity index is 2.12. The van der Waals surface area contributed by atoms with E-state index in [9.17, 15) is 14.7 Å². The van der Waals surface area contributed by atoms with Crippen LogP contribution in [-0.2, 0) is 14.3 Å². The number of benzene rings is 2. The largest absolute Gasteiger partial charge is 0.507 e. The van der Waals surface area contributed by atoms with Gasteiger partial charge in [0.1, 0.15) is 17.3 Å². The van der Waals surface area contributed by atoms with Gasteiger partial charge in [-0.2, -0.15) is 0 Å². The molecule has 1 amide bonds. The molecule has 2 aromatic rings. The first-order valence-corrected chi connectivity index (χ1v) is 11.6. The van der Waals surface area contributed by atoms with Gasteiger partial charge in [-0.15, -0.1) is 0 Å². The molecule has 1 fully saturated rings. The number of amides is 1. The van der Waals surface area contributed by atoms with E-state index in [0.717, 1.165) is 0 Å². The highest BCUT2D eigenvalue weighted by molar-refractivity contribution is 6.47. The first kappa shape index (κ1) is 25.6. The molecule has 1 saturated heterocycles. The molecule has 2 aromatic carbocycles. The van der Waals surface area contributed by atoms with Crippen LogP contribution in [0, 0.1) is 0 Å². The fraction of sp³-hybridized carbons (Fsp3) is 0.385. The Bertz CT molecular complexity index is 1060. The summed E-state index contributed by atoms with van der Waals surface area (Å²) in [4.78, 5) is 27.6. The number of carbonyl (C=O) groups is 2. The Morgan fingerprint density at radius 2 is 1.79 bits per heavy atom. The highest BCUT2D eigenvalue weighted by atomic mass is 35.5. The van der Waals surface area contributed by atoms with Crippen LogP contribution in [0.15, 0.2) is 48.0 Å². The van der Waals surface area contributed by atoms with Gasteiger partial charge in [0.05, 0.1) is 29.3 Å². The van der Waals surface area contributed by atoms with Crippen LogP contribution in [0.1, 0.15) is 44.4 Å². The third kappa shape index (κ3) is 5.54. The van der Waals surface area contributed by atoms with Gasteiger partial charge in [0.15, 0.2) is 0 Å². The van der Waals surface area contributed by atoms with E-state index in [1.807, 2.05) is 20.8 Å². The number of Topliss-reactive ketones (excluding diaryl/α,β-unsaturated/α-hetero) is 1. The van der Waals surface area contributed by atoms with Gasteiger partial charge in [0.25, 0.3) is 11.7 Å². The van der Waals surface area contributed by atoms with Crippen LogP contribution in [0.25, 0.3) is 5.76 Å². The van der Waals surface area contributed by atoms with Gasteiger partial charge < -0.3 is 24.2 Å². The predicted molar refractivity (Wildman–Crippen MR) is 130 cm³/mol. The number of halogens is 1. The summed E-state index contributed by atoms with van der Waals surface area (Å²) in [6.45, 7) is 6.84. The number of rotatable bonds is 10. The molecular weight excluding hydrogens is 458 g/mol. The second-order valence-corrected chi connectivity index (χ2v) is 8.56. The monoisotopic (exact) mass is 487 g/mol. The minimum Gasteiger partial charge on any atom is -0.507 e. The maximum Gasteiger partial charge on any atom is 0.295 e. The zero-order valence-electron chi connectivity index (χ0n) is 19.8. The van der Waals surface area contributed by atoms with Gasteiger partial charge in [0, 0.05) is 25.8 Å². The topological polar surface area (TPSA) is 85.3 Å². The van der Waals surface area contributed by atoms with Crippen molar-refractivity contribution in [2.24, 2.45) is 0 Å². The summed E-state index contributed by atoms with van der Waals surface area (Å²) in [6.07, 6.45) is 0.542. The number of likely N-dealkylation sites (tertiary alicyclic amines) is 1. The van der Waals surface area contributed by atoms with Crippen molar-refractivity contribution in [1.82, 2.24) is 4.90 Å². The number of nitrogens with zero attached hydrogens (tertiary/aromatic N) is 1. The van der Waals surface area contributed by atoms with Gasteiger partial charge in [-0.1, -0.05) is 23.7 Å². The quantitative estimate of drug-likeness (QED) is 0.220. The van der Waals surface area contributed by atoms with E-state index >= 15 is 0 Å². The number of ether oxygens (including phenoxy) is 3. The van der Waals surface area contributed by atoms with Gasteiger partial charge in [-0.25, -0.2) is 0 Å². The van der Waals surface area contributed by atoms with Crippen molar-refractivity contribution < 1.29 is 28.9 Å². The average molecular weight is 488 g/mol. The Kier molecular flexibility index (Phi) is 8.58. The summed E-state index contributed by atoms with van der Waals surface area (Å²) in [5.41, 5.74) is 0.883. The highest BCUT2D eigenvalue weighted by Crippen LogP contribution is 2.41. The standard InChI is InChI=1S/C26H30ClNO6/c1-5-33-19-11-12-21(27)20(15-19)24(29)22-23(17-7-9-18(10-8-17)34-16(2)3)28(13-6-14-32-4)26(31)25(22)30/h7-12,15-16,23,29H,5-6,13-14H2,1-4H3/b24-22+. The fourth-order valence-corrected chi connectivity index (χ4v) is 4.13. The van der Waals surface area contributed by atoms with Crippen LogP contribution in [0.5, 0.6) is 11.5 Å². The molecule has 0 spiro atoms. The minimum absolute atomic E-state index is 0.00490. The lowest BCUT2D eigenvalue weighted by atomic mass is 9.95. The molecule has 34 heavy (non-hydrogen) atoms. The molecule has 0 bridgehead atoms. The number of aliphatic hydroxyl groups excluding tert-OH is 1. The molecule has 1 heterocycles. The van der Waals surface area contributed by atoms with Gasteiger partial charge >= 0.3 is 0 Å². The molecule has 0 radical (unpaired) electrons. The molecule has 0 aliphatic carbocycles. The van der Waals surface area contributed by atoms with Gasteiger partial charge in [-0.05, 0) is 63.1 Å². The zero-order valence-corrected chi connectivity index (χ0v) is 20.6. The highest BCUT2D eigenvalue weighted by Gasteiger charge is 2.46. The van der Waals surface area contributed by atoms with E-state index in [1.54, 1.807) is 49.6 Å². The first-order valence-electron chi connectivity index (χ1n) is 11.2. The molecule has 8 heteroatoms. The predicted octanol–water partition coefficient (Wildman–Crippen LogP) is 4.98. The maximum atomic E-state index is 13.1. The maximum absolute atomic E-state index is 13.1. The SMILES string of the molecule is CCOc1ccc(Cl)c(/C(O)=C2\C(=O)C(=O)N(CCCOC)C2c2ccc(OC(C)C)cc2)c1. The number of aliphatic hydroxyl groups is 1. The lowest BCUT2D eigenvalue weighted by molar-refractivity contribution is -0.140. The van der Waals surface area contributed by atoms with Crippen molar-refractivity contribution in [2.75, 3.05) is 26.9 Å². The molecule has 1 N–H and O–H groups in total. The number of methoxy groups -OCH3 is 1. The molecule has 1 aliphatic heterocycles. The lowest BCUT2D eigenvalue weighted by Crippen LogP contribution is -2.31. The zero-order chi connectivity index (χ0) is 24.8. The Morgan fingerprint density at radius 1 is 1.12 bits per heavy atom. The summed E-state index contributed by atoms with van der Waals surface area (Å²) in [5.74, 6) is -0.619. The third-order valence-electron chi connectivity index (χ3n) is 5.36. The number of carbonyl (C=O) groups excluding carboxylic acids is 2. The van der Waals surface area contributed by atoms with Crippen molar-refractivity contribution >= 4 is 29.1 Å². The second kappa shape index (κ2) is 11.4. The van der Waals surface area contributed by atoms with Crippen molar-refractivity contribution in [3.05, 3.63) is 64.2 Å². The number of ketones is 1. The van der Waals surface area contributed by atoms with Crippen molar-refractivity contribution in [1.29, 1.82) is 0 Å². The Labute approximate surface area is 204 Å². The van der Waals surface area contributed by atoms with E-state index in [-0.39, 0.29) is 34.6 Å². The summed E-state index contributed by atoms with van der Waals surface area (Å²) in [7, 11) is 1.58. The summed E-state index contributed by atoms with van der Waals surface area (Å²) < 4.78 is 16.4. The van der Waals surface area contributed by atoms with Crippen LogP contribution in [0.3, 0.4) is 0 Å². The number of hydrogen-bond donors (Lipinski definition) is 1. The molecule has 1 aliphatic rings. The Morgan fingerprint density at radius 3 is 2.41 bits per heavy atom. The van der Waals surface area contributed by atoms with Crippen LogP contribution < -0.4 is 9.47 Å². The van der Waals surface area contributed by atoms with Crippen molar-refractivity contribution in [3.8, 4) is 11.5 Å². The molecule has 0 aromatic heterocycles. The van der Waals surface area contributed by atoms with Crippen LogP contribution >= 0.6 is 11.6 Å². The summed E-state index contributed by atoms with van der Waals surface area (Å²) in [6, 6.07) is 11.2. The van der Waals surface area contributed by atoms with E-state index in [2.05, 4.69) is 0 Å². The first-order chi connectivity index (χ1) is 16.3. The molecule has 1 unspecified atom stereocenters. The molecule has 182 valence electrons.